The smallest absolute Gasteiger partial charge is 0.412 e. The Labute approximate surface area is 149 Å². The maximum absolute atomic E-state index is 12.1. The second kappa shape index (κ2) is 7.47. The van der Waals surface area contributed by atoms with Crippen LogP contribution in [0.4, 0.5) is 10.5 Å². The van der Waals surface area contributed by atoms with Gasteiger partial charge in [-0.2, -0.15) is 12.6 Å². The number of hydrogen-bond acceptors (Lipinski definition) is 4. The first-order valence-corrected chi connectivity index (χ1v) is 8.79. The molecular formula is C18H26N2O3S. The summed E-state index contributed by atoms with van der Waals surface area (Å²) in [5.74, 6) is 1.21. The number of thiol groups is 1. The number of amides is 2. The molecule has 1 aliphatic rings. The molecule has 1 N–H and O–H groups in total. The van der Waals surface area contributed by atoms with Gasteiger partial charge in [0.25, 0.3) is 0 Å². The lowest BCUT2D eigenvalue weighted by atomic mass is 10.1. The number of hydrogen-bond donors (Lipinski definition) is 2. The van der Waals surface area contributed by atoms with Crippen LogP contribution in [0, 0.1) is 12.8 Å². The van der Waals surface area contributed by atoms with Crippen molar-refractivity contribution in [3.63, 3.8) is 0 Å². The van der Waals surface area contributed by atoms with Gasteiger partial charge in [0, 0.05) is 25.2 Å². The van der Waals surface area contributed by atoms with Crippen molar-refractivity contribution in [2.45, 2.75) is 46.3 Å². The topological polar surface area (TPSA) is 58.6 Å². The highest BCUT2D eigenvalue weighted by atomic mass is 32.1. The van der Waals surface area contributed by atoms with Gasteiger partial charge in [0.2, 0.25) is 5.91 Å². The number of nitrogens with one attached hydrogen (secondary N) is 1. The van der Waals surface area contributed by atoms with Crippen molar-refractivity contribution in [1.29, 1.82) is 0 Å². The van der Waals surface area contributed by atoms with E-state index in [0.29, 0.717) is 24.6 Å². The van der Waals surface area contributed by atoms with E-state index in [2.05, 4.69) is 17.9 Å². The van der Waals surface area contributed by atoms with E-state index in [1.165, 1.54) is 0 Å². The van der Waals surface area contributed by atoms with Crippen LogP contribution >= 0.6 is 12.6 Å². The summed E-state index contributed by atoms with van der Waals surface area (Å²) in [6, 6.07) is 5.68. The zero-order chi connectivity index (χ0) is 17.9. The molecule has 1 aromatic carbocycles. The number of likely N-dealkylation sites (tertiary alicyclic amines) is 1. The van der Waals surface area contributed by atoms with E-state index in [0.717, 1.165) is 23.4 Å². The fourth-order valence-electron chi connectivity index (χ4n) is 2.68. The third-order valence-electron chi connectivity index (χ3n) is 3.91. The number of carbonyl (C=O) groups is 2. The molecule has 0 aliphatic carbocycles. The average molecular weight is 350 g/mol. The van der Waals surface area contributed by atoms with Gasteiger partial charge in [0.05, 0.1) is 0 Å². The molecule has 24 heavy (non-hydrogen) atoms. The Hall–Kier alpha value is -1.69. The first-order valence-electron chi connectivity index (χ1n) is 8.16. The van der Waals surface area contributed by atoms with Crippen LogP contribution in [0.3, 0.4) is 0 Å². The molecule has 1 atom stereocenters. The largest absolute Gasteiger partial charge is 0.444 e. The summed E-state index contributed by atoms with van der Waals surface area (Å²) in [5.41, 5.74) is 2.24. The van der Waals surface area contributed by atoms with E-state index in [9.17, 15) is 9.59 Å². The van der Waals surface area contributed by atoms with Crippen molar-refractivity contribution in [3.05, 3.63) is 29.3 Å². The van der Waals surface area contributed by atoms with E-state index in [1.807, 2.05) is 50.8 Å². The number of nitrogens with zero attached hydrogens (tertiary/aromatic N) is 1. The Morgan fingerprint density at radius 1 is 1.42 bits per heavy atom. The average Bonchev–Trinajstić information content (AvgIpc) is 2.81. The Bertz CT molecular complexity index is 625. The zero-order valence-electron chi connectivity index (χ0n) is 14.8. The minimum Gasteiger partial charge on any atom is -0.444 e. The van der Waals surface area contributed by atoms with Crippen LogP contribution in [0.15, 0.2) is 18.2 Å². The summed E-state index contributed by atoms with van der Waals surface area (Å²) in [4.78, 5) is 25.8. The first-order chi connectivity index (χ1) is 11.2. The molecule has 1 heterocycles. The Morgan fingerprint density at radius 3 is 2.71 bits per heavy atom. The summed E-state index contributed by atoms with van der Waals surface area (Å²) >= 11 is 4.29. The Morgan fingerprint density at radius 2 is 2.12 bits per heavy atom. The van der Waals surface area contributed by atoms with Gasteiger partial charge in [-0.05, 0) is 62.6 Å². The molecule has 1 aromatic rings. The summed E-state index contributed by atoms with van der Waals surface area (Å²) in [7, 11) is 0. The van der Waals surface area contributed by atoms with Gasteiger partial charge in [0.15, 0.2) is 0 Å². The molecule has 1 fully saturated rings. The second-order valence-corrected chi connectivity index (χ2v) is 7.66. The number of carbonyl (C=O) groups excluding carboxylic acids is 2. The summed E-state index contributed by atoms with van der Waals surface area (Å²) < 4.78 is 5.27. The van der Waals surface area contributed by atoms with Gasteiger partial charge >= 0.3 is 6.09 Å². The summed E-state index contributed by atoms with van der Waals surface area (Å²) in [5, 5.41) is 2.75. The Kier molecular flexibility index (Phi) is 5.80. The van der Waals surface area contributed by atoms with Gasteiger partial charge in [-0.1, -0.05) is 6.07 Å². The fourth-order valence-corrected chi connectivity index (χ4v) is 2.92. The lowest BCUT2D eigenvalue weighted by Crippen LogP contribution is -2.27. The number of aryl methyl sites for hydroxylation is 1. The Balaban J connectivity index is 2.06. The van der Waals surface area contributed by atoms with Gasteiger partial charge in [-0.3, -0.25) is 10.1 Å². The molecular weight excluding hydrogens is 324 g/mol. The van der Waals surface area contributed by atoms with Gasteiger partial charge in [-0.25, -0.2) is 4.79 Å². The van der Waals surface area contributed by atoms with Crippen LogP contribution in [-0.4, -0.2) is 34.8 Å². The van der Waals surface area contributed by atoms with Crippen LogP contribution in [0.1, 0.15) is 38.3 Å². The SMILES string of the molecule is Cc1ccc(NC(=O)OC(C)(C)C)cc1CN1CC(CS)CC1=O. The van der Waals surface area contributed by atoms with Gasteiger partial charge in [-0.15, -0.1) is 0 Å². The highest BCUT2D eigenvalue weighted by molar-refractivity contribution is 7.80. The maximum Gasteiger partial charge on any atom is 0.412 e. The molecule has 132 valence electrons. The molecule has 0 aromatic heterocycles. The number of anilines is 1. The third-order valence-corrected chi connectivity index (χ3v) is 4.42. The van der Waals surface area contributed by atoms with Gasteiger partial charge < -0.3 is 9.64 Å². The molecule has 6 heteroatoms. The summed E-state index contributed by atoms with van der Waals surface area (Å²) in [6.07, 6.45) is 0.0861. The van der Waals surface area contributed by atoms with Crippen LogP contribution < -0.4 is 5.32 Å². The first kappa shape index (κ1) is 18.6. The zero-order valence-corrected chi connectivity index (χ0v) is 15.7. The predicted molar refractivity (Wildman–Crippen MR) is 98.4 cm³/mol. The molecule has 0 spiro atoms. The molecule has 0 bridgehead atoms. The fraction of sp³-hybridized carbons (Fsp3) is 0.556. The van der Waals surface area contributed by atoms with Crippen molar-refractivity contribution < 1.29 is 14.3 Å². The quantitative estimate of drug-likeness (QED) is 0.816. The van der Waals surface area contributed by atoms with Crippen molar-refractivity contribution in [2.75, 3.05) is 17.6 Å². The van der Waals surface area contributed by atoms with Crippen molar-refractivity contribution >= 4 is 30.3 Å². The van der Waals surface area contributed by atoms with E-state index in [1.54, 1.807) is 0 Å². The van der Waals surface area contributed by atoms with Crippen molar-refractivity contribution in [2.24, 2.45) is 5.92 Å². The maximum atomic E-state index is 12.1. The minimum atomic E-state index is -0.540. The van der Waals surface area contributed by atoms with E-state index in [-0.39, 0.29) is 5.91 Å². The molecule has 1 aliphatic heterocycles. The minimum absolute atomic E-state index is 0.166. The third kappa shape index (κ3) is 5.16. The highest BCUT2D eigenvalue weighted by Gasteiger charge is 2.28. The van der Waals surface area contributed by atoms with Crippen LogP contribution in [0.2, 0.25) is 0 Å². The molecule has 2 rings (SSSR count). The van der Waals surface area contributed by atoms with E-state index < -0.39 is 11.7 Å². The molecule has 2 amide bonds. The normalized spacial score (nSPS) is 18.0. The van der Waals surface area contributed by atoms with Crippen molar-refractivity contribution in [1.82, 2.24) is 4.90 Å². The summed E-state index contributed by atoms with van der Waals surface area (Å²) in [6.45, 7) is 8.77. The number of ether oxygens (including phenoxy) is 1. The van der Waals surface area contributed by atoms with E-state index in [4.69, 9.17) is 4.74 Å². The monoisotopic (exact) mass is 350 g/mol. The molecule has 1 unspecified atom stereocenters. The molecule has 0 saturated carbocycles. The predicted octanol–water partition coefficient (Wildman–Crippen LogP) is 3.62. The standard InChI is InChI=1S/C18H26N2O3S/c1-12-5-6-15(19-17(22)23-18(2,3)4)8-14(12)10-20-9-13(11-24)7-16(20)21/h5-6,8,13,24H,7,9-11H2,1-4H3,(H,19,22). The lowest BCUT2D eigenvalue weighted by Gasteiger charge is -2.21. The van der Waals surface area contributed by atoms with Crippen LogP contribution in [0.5, 0.6) is 0 Å². The van der Waals surface area contributed by atoms with Crippen LogP contribution in [-0.2, 0) is 16.1 Å². The number of benzene rings is 1. The van der Waals surface area contributed by atoms with Gasteiger partial charge in [0.1, 0.15) is 5.60 Å². The second-order valence-electron chi connectivity index (χ2n) is 7.30. The lowest BCUT2D eigenvalue weighted by molar-refractivity contribution is -0.128. The molecule has 5 nitrogen and oxygen atoms in total. The van der Waals surface area contributed by atoms with E-state index >= 15 is 0 Å². The molecule has 0 radical (unpaired) electrons. The molecule has 1 saturated heterocycles. The van der Waals surface area contributed by atoms with Crippen LogP contribution in [0.25, 0.3) is 0 Å². The van der Waals surface area contributed by atoms with Crippen molar-refractivity contribution in [3.8, 4) is 0 Å². The highest BCUT2D eigenvalue weighted by Crippen LogP contribution is 2.24. The number of rotatable bonds is 4.